The van der Waals surface area contributed by atoms with Crippen LogP contribution >= 0.6 is 0 Å². The van der Waals surface area contributed by atoms with Crippen LogP contribution in [0, 0.1) is 20.8 Å². The minimum atomic E-state index is -3.36. The van der Waals surface area contributed by atoms with E-state index in [1.807, 2.05) is 19.9 Å². The Bertz CT molecular complexity index is 573. The summed E-state index contributed by atoms with van der Waals surface area (Å²) in [6.07, 6.45) is 1.06. The smallest absolute Gasteiger partial charge is 0.239 e. The minimum Gasteiger partial charge on any atom is -0.323 e. The standard InChI is InChI=1S/C12H19N3O3S/c1-8-6-9(2)13-10(3)12(8)14-11(16)7-15(4)19(5,17)18/h6H,7H2,1-5H3,(H,14,16). The molecular formula is C12H19N3O3S. The summed E-state index contributed by atoms with van der Waals surface area (Å²) in [5.41, 5.74) is 3.13. The monoisotopic (exact) mass is 285 g/mol. The average Bonchev–Trinajstić information content (AvgIpc) is 2.21. The van der Waals surface area contributed by atoms with Crippen molar-refractivity contribution >= 4 is 21.6 Å². The molecule has 19 heavy (non-hydrogen) atoms. The number of aryl methyl sites for hydroxylation is 3. The van der Waals surface area contributed by atoms with Gasteiger partial charge in [-0.2, -0.15) is 4.31 Å². The molecule has 7 heteroatoms. The molecule has 1 aromatic rings. The topological polar surface area (TPSA) is 79.4 Å². The number of nitrogens with zero attached hydrogens (tertiary/aromatic N) is 2. The van der Waals surface area contributed by atoms with E-state index in [-0.39, 0.29) is 12.5 Å². The Morgan fingerprint density at radius 2 is 1.95 bits per heavy atom. The molecular weight excluding hydrogens is 266 g/mol. The first-order valence-electron chi connectivity index (χ1n) is 5.77. The van der Waals surface area contributed by atoms with Gasteiger partial charge in [0.25, 0.3) is 0 Å². The second-order valence-corrected chi connectivity index (χ2v) is 6.70. The number of hydrogen-bond donors (Lipinski definition) is 1. The lowest BCUT2D eigenvalue weighted by atomic mass is 10.1. The first kappa shape index (κ1) is 15.6. The van der Waals surface area contributed by atoms with Crippen LogP contribution in [0.25, 0.3) is 0 Å². The summed E-state index contributed by atoms with van der Waals surface area (Å²) < 4.78 is 23.5. The predicted octanol–water partition coefficient (Wildman–Crippen LogP) is 0.837. The van der Waals surface area contributed by atoms with Crippen molar-refractivity contribution in [3.8, 4) is 0 Å². The van der Waals surface area contributed by atoms with Crippen LogP contribution < -0.4 is 5.32 Å². The van der Waals surface area contributed by atoms with E-state index >= 15 is 0 Å². The Hall–Kier alpha value is -1.47. The predicted molar refractivity (Wildman–Crippen MR) is 74.6 cm³/mol. The normalized spacial score (nSPS) is 11.7. The van der Waals surface area contributed by atoms with Crippen LogP contribution in [0.4, 0.5) is 5.69 Å². The maximum Gasteiger partial charge on any atom is 0.239 e. The lowest BCUT2D eigenvalue weighted by Crippen LogP contribution is -2.34. The van der Waals surface area contributed by atoms with Gasteiger partial charge in [-0.05, 0) is 32.4 Å². The molecule has 0 spiro atoms. The van der Waals surface area contributed by atoms with Crippen molar-refractivity contribution < 1.29 is 13.2 Å². The Labute approximate surface area is 113 Å². The molecule has 1 heterocycles. The summed E-state index contributed by atoms with van der Waals surface area (Å²) in [6.45, 7) is 5.34. The summed E-state index contributed by atoms with van der Waals surface area (Å²) >= 11 is 0. The quantitative estimate of drug-likeness (QED) is 0.889. The van der Waals surface area contributed by atoms with Crippen LogP contribution in [0.2, 0.25) is 0 Å². The first-order valence-corrected chi connectivity index (χ1v) is 7.62. The Kier molecular flexibility index (Phi) is 4.65. The number of anilines is 1. The van der Waals surface area contributed by atoms with Crippen LogP contribution in [0.15, 0.2) is 6.07 Å². The number of sulfonamides is 1. The van der Waals surface area contributed by atoms with Crippen molar-refractivity contribution in [2.75, 3.05) is 25.2 Å². The molecule has 0 atom stereocenters. The fraction of sp³-hybridized carbons (Fsp3) is 0.500. The second kappa shape index (κ2) is 5.66. The van der Waals surface area contributed by atoms with Gasteiger partial charge in [-0.3, -0.25) is 9.78 Å². The molecule has 0 radical (unpaired) electrons. The third-order valence-electron chi connectivity index (χ3n) is 2.72. The molecule has 0 aliphatic rings. The highest BCUT2D eigenvalue weighted by Crippen LogP contribution is 2.19. The van der Waals surface area contributed by atoms with E-state index in [0.717, 1.165) is 21.8 Å². The number of likely N-dealkylation sites (N-methyl/N-ethyl adjacent to an activating group) is 1. The van der Waals surface area contributed by atoms with Gasteiger partial charge in [0.2, 0.25) is 15.9 Å². The van der Waals surface area contributed by atoms with E-state index in [2.05, 4.69) is 10.3 Å². The van der Waals surface area contributed by atoms with Gasteiger partial charge in [-0.25, -0.2) is 8.42 Å². The van der Waals surface area contributed by atoms with Gasteiger partial charge in [-0.1, -0.05) is 0 Å². The number of aromatic nitrogens is 1. The molecule has 0 unspecified atom stereocenters. The lowest BCUT2D eigenvalue weighted by molar-refractivity contribution is -0.116. The van der Waals surface area contributed by atoms with Gasteiger partial charge in [0.15, 0.2) is 0 Å². The second-order valence-electron chi connectivity index (χ2n) is 4.61. The first-order chi connectivity index (χ1) is 8.61. The van der Waals surface area contributed by atoms with Crippen LogP contribution in [-0.2, 0) is 14.8 Å². The van der Waals surface area contributed by atoms with Gasteiger partial charge >= 0.3 is 0 Å². The third kappa shape index (κ3) is 4.29. The number of carbonyl (C=O) groups is 1. The Morgan fingerprint density at radius 1 is 1.37 bits per heavy atom. The van der Waals surface area contributed by atoms with Crippen LogP contribution in [0.1, 0.15) is 17.0 Å². The van der Waals surface area contributed by atoms with Crippen molar-refractivity contribution in [1.82, 2.24) is 9.29 Å². The van der Waals surface area contributed by atoms with E-state index in [1.165, 1.54) is 7.05 Å². The van der Waals surface area contributed by atoms with Crippen molar-refractivity contribution in [1.29, 1.82) is 0 Å². The van der Waals surface area contributed by atoms with Gasteiger partial charge in [0.1, 0.15) is 0 Å². The van der Waals surface area contributed by atoms with Crippen molar-refractivity contribution in [2.45, 2.75) is 20.8 Å². The van der Waals surface area contributed by atoms with E-state index in [9.17, 15) is 13.2 Å². The molecule has 1 rings (SSSR count). The highest BCUT2D eigenvalue weighted by Gasteiger charge is 2.16. The summed E-state index contributed by atoms with van der Waals surface area (Å²) in [4.78, 5) is 16.1. The van der Waals surface area contributed by atoms with Crippen LogP contribution in [0.3, 0.4) is 0 Å². The molecule has 0 aliphatic heterocycles. The molecule has 0 fully saturated rings. The summed E-state index contributed by atoms with van der Waals surface area (Å²) in [5, 5.41) is 2.70. The number of pyridine rings is 1. The zero-order valence-electron chi connectivity index (χ0n) is 11.8. The molecule has 0 saturated heterocycles. The van der Waals surface area contributed by atoms with E-state index in [1.54, 1.807) is 6.92 Å². The molecule has 0 aromatic carbocycles. The van der Waals surface area contributed by atoms with Gasteiger partial charge < -0.3 is 5.32 Å². The van der Waals surface area contributed by atoms with E-state index in [0.29, 0.717) is 11.4 Å². The van der Waals surface area contributed by atoms with E-state index in [4.69, 9.17) is 0 Å². The number of carbonyl (C=O) groups excluding carboxylic acids is 1. The average molecular weight is 285 g/mol. The number of nitrogens with one attached hydrogen (secondary N) is 1. The maximum atomic E-state index is 11.8. The molecule has 0 bridgehead atoms. The molecule has 1 aromatic heterocycles. The SMILES string of the molecule is Cc1cc(C)c(NC(=O)CN(C)S(C)(=O)=O)c(C)n1. The number of hydrogen-bond acceptors (Lipinski definition) is 4. The number of amides is 1. The third-order valence-corrected chi connectivity index (χ3v) is 3.98. The fourth-order valence-corrected chi connectivity index (χ4v) is 2.06. The zero-order valence-corrected chi connectivity index (χ0v) is 12.6. The Balaban J connectivity index is 2.84. The van der Waals surface area contributed by atoms with Crippen LogP contribution in [-0.4, -0.2) is 43.5 Å². The molecule has 1 amide bonds. The zero-order chi connectivity index (χ0) is 14.8. The lowest BCUT2D eigenvalue weighted by Gasteiger charge is -2.16. The summed E-state index contributed by atoms with van der Waals surface area (Å²) in [7, 11) is -2.00. The minimum absolute atomic E-state index is 0.217. The van der Waals surface area contributed by atoms with E-state index < -0.39 is 10.0 Å². The molecule has 1 N–H and O–H groups in total. The van der Waals surface area contributed by atoms with Crippen molar-refractivity contribution in [2.24, 2.45) is 0 Å². The number of rotatable bonds is 4. The summed E-state index contributed by atoms with van der Waals surface area (Å²) in [5.74, 6) is -0.384. The maximum absolute atomic E-state index is 11.8. The molecule has 106 valence electrons. The molecule has 0 saturated carbocycles. The highest BCUT2D eigenvalue weighted by atomic mass is 32.2. The van der Waals surface area contributed by atoms with Gasteiger partial charge in [0.05, 0.1) is 24.2 Å². The van der Waals surface area contributed by atoms with Crippen molar-refractivity contribution in [3.63, 3.8) is 0 Å². The molecule has 0 aliphatic carbocycles. The summed E-state index contributed by atoms with van der Waals surface area (Å²) in [6, 6.07) is 1.86. The fourth-order valence-electron chi connectivity index (χ4n) is 1.71. The van der Waals surface area contributed by atoms with Crippen LogP contribution in [0.5, 0.6) is 0 Å². The van der Waals surface area contributed by atoms with Gasteiger partial charge in [-0.15, -0.1) is 0 Å². The van der Waals surface area contributed by atoms with Crippen molar-refractivity contribution in [3.05, 3.63) is 23.0 Å². The van der Waals surface area contributed by atoms with Gasteiger partial charge in [0, 0.05) is 12.7 Å². The largest absolute Gasteiger partial charge is 0.323 e. The highest BCUT2D eigenvalue weighted by molar-refractivity contribution is 7.88. The molecule has 6 nitrogen and oxygen atoms in total. The Morgan fingerprint density at radius 3 is 2.42 bits per heavy atom.